The van der Waals surface area contributed by atoms with Crippen LogP contribution in [0.3, 0.4) is 0 Å². The maximum Gasteiger partial charge on any atom is 0.410 e. The van der Waals surface area contributed by atoms with Crippen molar-refractivity contribution in [3.8, 4) is 17.2 Å². The molecule has 0 saturated heterocycles. The summed E-state index contributed by atoms with van der Waals surface area (Å²) in [5, 5.41) is 0. The van der Waals surface area contributed by atoms with Crippen LogP contribution in [0.25, 0.3) is 0 Å². The van der Waals surface area contributed by atoms with Crippen molar-refractivity contribution in [1.29, 1.82) is 0 Å². The molecule has 3 aromatic carbocycles. The summed E-state index contributed by atoms with van der Waals surface area (Å²) in [6.45, 7) is 0.731. The fraction of sp³-hybridized carbons (Fsp3) is 0.269. The van der Waals surface area contributed by atoms with Crippen LogP contribution in [0.2, 0.25) is 0 Å². The van der Waals surface area contributed by atoms with Gasteiger partial charge in [0.2, 0.25) is 0 Å². The molecule has 3 aromatic rings. The Morgan fingerprint density at radius 2 is 1.56 bits per heavy atom. The predicted molar refractivity (Wildman–Crippen MR) is 121 cm³/mol. The zero-order valence-corrected chi connectivity index (χ0v) is 18.5. The number of rotatable bonds is 6. The van der Waals surface area contributed by atoms with Gasteiger partial charge >= 0.3 is 6.09 Å². The van der Waals surface area contributed by atoms with Gasteiger partial charge in [-0.05, 0) is 23.1 Å². The topological polar surface area (TPSA) is 57.2 Å². The monoisotopic (exact) mass is 433 g/mol. The highest BCUT2D eigenvalue weighted by Crippen LogP contribution is 2.46. The first-order valence-corrected chi connectivity index (χ1v) is 10.5. The van der Waals surface area contributed by atoms with Crippen molar-refractivity contribution in [2.45, 2.75) is 19.1 Å². The lowest BCUT2D eigenvalue weighted by molar-refractivity contribution is 0.0829. The van der Waals surface area contributed by atoms with E-state index in [4.69, 9.17) is 18.9 Å². The number of fused-ring (bicyclic) bond motifs is 1. The van der Waals surface area contributed by atoms with Crippen LogP contribution in [0, 0.1) is 0 Å². The van der Waals surface area contributed by atoms with E-state index in [1.807, 2.05) is 60.7 Å². The van der Waals surface area contributed by atoms with Crippen molar-refractivity contribution >= 4 is 6.09 Å². The summed E-state index contributed by atoms with van der Waals surface area (Å²) in [6.07, 6.45) is 0.363. The first kappa shape index (κ1) is 21.6. The Balaban J connectivity index is 1.76. The Hall–Kier alpha value is -3.67. The second kappa shape index (κ2) is 9.64. The standard InChI is InChI=1S/C26H27NO5/c1-29-20-15-22(30-2)24(23(16-20)31-3)25-21-12-8-7-11-19(21)13-14-27(25)26(28)32-17-18-9-5-4-6-10-18/h4-12,15-16,25H,13-14,17H2,1-3H3/t25-/m1/s1. The minimum atomic E-state index is -0.418. The number of benzene rings is 3. The maximum atomic E-state index is 13.3. The molecule has 6 heteroatoms. The fourth-order valence-electron chi connectivity index (χ4n) is 4.18. The molecule has 1 heterocycles. The zero-order chi connectivity index (χ0) is 22.5. The highest BCUT2D eigenvalue weighted by atomic mass is 16.6. The number of amides is 1. The van der Waals surface area contributed by atoms with E-state index in [0.29, 0.717) is 23.8 Å². The third-order valence-corrected chi connectivity index (χ3v) is 5.75. The van der Waals surface area contributed by atoms with Gasteiger partial charge in [0, 0.05) is 18.7 Å². The Morgan fingerprint density at radius 3 is 2.22 bits per heavy atom. The fourth-order valence-corrected chi connectivity index (χ4v) is 4.18. The summed E-state index contributed by atoms with van der Waals surface area (Å²) in [5.41, 5.74) is 3.91. The summed E-state index contributed by atoms with van der Waals surface area (Å²) in [5.74, 6) is 1.79. The van der Waals surface area contributed by atoms with E-state index in [0.717, 1.165) is 23.1 Å². The summed E-state index contributed by atoms with van der Waals surface area (Å²) >= 11 is 0. The molecule has 1 amide bonds. The molecular weight excluding hydrogens is 406 g/mol. The van der Waals surface area contributed by atoms with Crippen LogP contribution < -0.4 is 14.2 Å². The molecule has 0 aromatic heterocycles. The smallest absolute Gasteiger partial charge is 0.410 e. The molecule has 1 atom stereocenters. The highest BCUT2D eigenvalue weighted by molar-refractivity contribution is 5.71. The van der Waals surface area contributed by atoms with Gasteiger partial charge in [0.05, 0.1) is 32.9 Å². The van der Waals surface area contributed by atoms with Crippen molar-refractivity contribution in [1.82, 2.24) is 4.90 Å². The van der Waals surface area contributed by atoms with Crippen molar-refractivity contribution < 1.29 is 23.7 Å². The predicted octanol–water partition coefficient (Wildman–Crippen LogP) is 5.00. The molecular formula is C26H27NO5. The SMILES string of the molecule is COc1cc(OC)c([C@H]2c3ccccc3CCN2C(=O)OCc2ccccc2)c(OC)c1. The van der Waals surface area contributed by atoms with Crippen molar-refractivity contribution in [2.75, 3.05) is 27.9 Å². The summed E-state index contributed by atoms with van der Waals surface area (Å²) in [7, 11) is 4.80. The molecule has 0 radical (unpaired) electrons. The van der Waals surface area contributed by atoms with Crippen LogP contribution in [0.1, 0.15) is 28.3 Å². The summed E-state index contributed by atoms with van der Waals surface area (Å²) in [6, 6.07) is 21.0. The van der Waals surface area contributed by atoms with Crippen molar-refractivity contribution in [3.05, 3.63) is 89.0 Å². The molecule has 0 spiro atoms. The average molecular weight is 434 g/mol. The Kier molecular flexibility index (Phi) is 6.50. The van der Waals surface area contributed by atoms with Crippen molar-refractivity contribution in [2.24, 2.45) is 0 Å². The molecule has 0 N–H and O–H groups in total. The quantitative estimate of drug-likeness (QED) is 0.548. The molecule has 166 valence electrons. The first-order valence-electron chi connectivity index (χ1n) is 10.5. The molecule has 0 fully saturated rings. The third-order valence-electron chi connectivity index (χ3n) is 5.75. The van der Waals surface area contributed by atoms with Crippen molar-refractivity contribution in [3.63, 3.8) is 0 Å². The second-order valence-electron chi connectivity index (χ2n) is 7.53. The molecule has 1 aliphatic rings. The number of ether oxygens (including phenoxy) is 4. The van der Waals surface area contributed by atoms with Crippen LogP contribution in [0.15, 0.2) is 66.7 Å². The second-order valence-corrected chi connectivity index (χ2v) is 7.53. The number of methoxy groups -OCH3 is 3. The van der Waals surface area contributed by atoms with Gasteiger partial charge in [-0.25, -0.2) is 4.79 Å². The lowest BCUT2D eigenvalue weighted by atomic mass is 9.87. The molecule has 0 unspecified atom stereocenters. The lowest BCUT2D eigenvalue weighted by Gasteiger charge is -2.38. The minimum absolute atomic E-state index is 0.210. The number of nitrogens with zero attached hydrogens (tertiary/aromatic N) is 1. The lowest BCUT2D eigenvalue weighted by Crippen LogP contribution is -2.41. The molecule has 0 bridgehead atoms. The summed E-state index contributed by atoms with van der Waals surface area (Å²) in [4.78, 5) is 15.0. The van der Waals surface area contributed by atoms with Crippen LogP contribution in [0.5, 0.6) is 17.2 Å². The average Bonchev–Trinajstić information content (AvgIpc) is 2.86. The van der Waals surface area contributed by atoms with Gasteiger partial charge in [0.25, 0.3) is 0 Å². The summed E-state index contributed by atoms with van der Waals surface area (Å²) < 4.78 is 22.5. The zero-order valence-electron chi connectivity index (χ0n) is 18.5. The Labute approximate surface area is 188 Å². The minimum Gasteiger partial charge on any atom is -0.496 e. The molecule has 1 aliphatic heterocycles. The van der Waals surface area contributed by atoms with E-state index in [1.54, 1.807) is 26.2 Å². The van der Waals surface area contributed by atoms with Crippen LogP contribution in [-0.2, 0) is 17.8 Å². The van der Waals surface area contributed by atoms with Gasteiger partial charge in [-0.1, -0.05) is 54.6 Å². The van der Waals surface area contributed by atoms with E-state index in [9.17, 15) is 4.79 Å². The van der Waals surface area contributed by atoms with E-state index < -0.39 is 6.04 Å². The number of hydrogen-bond donors (Lipinski definition) is 0. The van der Waals surface area contributed by atoms with E-state index in [-0.39, 0.29) is 12.7 Å². The van der Waals surface area contributed by atoms with Crippen LogP contribution >= 0.6 is 0 Å². The normalized spacial score (nSPS) is 15.0. The first-order chi connectivity index (χ1) is 15.7. The largest absolute Gasteiger partial charge is 0.496 e. The van der Waals surface area contributed by atoms with Gasteiger partial charge < -0.3 is 18.9 Å². The Morgan fingerprint density at radius 1 is 0.906 bits per heavy atom. The maximum absolute atomic E-state index is 13.3. The Bertz CT molecular complexity index is 1060. The molecule has 4 rings (SSSR count). The molecule has 0 saturated carbocycles. The third kappa shape index (κ3) is 4.21. The molecule has 0 aliphatic carbocycles. The molecule has 32 heavy (non-hydrogen) atoms. The van der Waals surface area contributed by atoms with Gasteiger partial charge in [-0.15, -0.1) is 0 Å². The highest BCUT2D eigenvalue weighted by Gasteiger charge is 2.37. The number of carbonyl (C=O) groups excluding carboxylic acids is 1. The number of carbonyl (C=O) groups is 1. The van der Waals surface area contributed by atoms with E-state index >= 15 is 0 Å². The van der Waals surface area contributed by atoms with Gasteiger partial charge in [0.1, 0.15) is 23.9 Å². The van der Waals surface area contributed by atoms with E-state index in [1.165, 1.54) is 5.56 Å². The van der Waals surface area contributed by atoms with Crippen LogP contribution in [0.4, 0.5) is 4.79 Å². The van der Waals surface area contributed by atoms with E-state index in [2.05, 4.69) is 6.07 Å². The van der Waals surface area contributed by atoms with Gasteiger partial charge in [0.15, 0.2) is 0 Å². The van der Waals surface area contributed by atoms with Crippen LogP contribution in [-0.4, -0.2) is 38.9 Å². The van der Waals surface area contributed by atoms with Gasteiger partial charge in [-0.2, -0.15) is 0 Å². The number of hydrogen-bond acceptors (Lipinski definition) is 5. The molecule has 6 nitrogen and oxygen atoms in total. The van der Waals surface area contributed by atoms with Gasteiger partial charge in [-0.3, -0.25) is 4.90 Å².